The van der Waals surface area contributed by atoms with Crippen LogP contribution in [0.15, 0.2) is 71.9 Å². The number of benzene rings is 2. The summed E-state index contributed by atoms with van der Waals surface area (Å²) < 4.78 is 0. The van der Waals surface area contributed by atoms with E-state index in [2.05, 4.69) is 35.9 Å². The first kappa shape index (κ1) is 21.6. The second kappa shape index (κ2) is 9.67. The molecule has 2 aromatic heterocycles. The quantitative estimate of drug-likeness (QED) is 0.209. The number of nitrogens with one attached hydrogen (secondary N) is 3. The van der Waals surface area contributed by atoms with Gasteiger partial charge >= 0.3 is 0 Å². The molecular weight excluding hydrogens is 442 g/mol. The van der Waals surface area contributed by atoms with E-state index in [0.29, 0.717) is 22.6 Å². The van der Waals surface area contributed by atoms with Crippen LogP contribution in [0.1, 0.15) is 11.4 Å². The fourth-order valence-corrected chi connectivity index (χ4v) is 3.44. The Morgan fingerprint density at radius 3 is 2.41 bits per heavy atom. The van der Waals surface area contributed by atoms with Crippen molar-refractivity contribution in [1.82, 2.24) is 15.0 Å². The lowest BCUT2D eigenvalue weighted by Crippen LogP contribution is -2.26. The molecule has 0 saturated carbocycles. The van der Waals surface area contributed by atoms with Gasteiger partial charge in [-0.2, -0.15) is 4.99 Å². The zero-order chi connectivity index (χ0) is 22.5. The SMILES string of the molecule is Cc1cc(C)nc(N/C(=N\C(=S)Nc2ccccc2Cl)Nc2cnc3ccccc3c2)n1. The van der Waals surface area contributed by atoms with E-state index in [0.717, 1.165) is 28.0 Å². The van der Waals surface area contributed by atoms with Crippen LogP contribution in [-0.4, -0.2) is 26.0 Å². The molecule has 0 radical (unpaired) electrons. The number of aliphatic imine (C=N–C) groups is 1. The molecule has 0 aliphatic rings. The Bertz CT molecular complexity index is 1300. The summed E-state index contributed by atoms with van der Waals surface area (Å²) in [5, 5.41) is 11.1. The Morgan fingerprint density at radius 1 is 0.906 bits per heavy atom. The topological polar surface area (TPSA) is 87.1 Å². The lowest BCUT2D eigenvalue weighted by molar-refractivity contribution is 1.06. The largest absolute Gasteiger partial charge is 0.330 e. The highest BCUT2D eigenvalue weighted by molar-refractivity contribution is 7.80. The molecule has 32 heavy (non-hydrogen) atoms. The summed E-state index contributed by atoms with van der Waals surface area (Å²) in [6.07, 6.45) is 1.73. The number of rotatable bonds is 3. The van der Waals surface area contributed by atoms with Crippen LogP contribution in [0.5, 0.6) is 0 Å². The first-order chi connectivity index (χ1) is 15.5. The van der Waals surface area contributed by atoms with Gasteiger partial charge in [0.25, 0.3) is 0 Å². The molecule has 0 bridgehead atoms. The molecular formula is C23H20ClN7S. The third-order valence-electron chi connectivity index (χ3n) is 4.39. The van der Waals surface area contributed by atoms with E-state index in [1.54, 1.807) is 12.3 Å². The zero-order valence-electron chi connectivity index (χ0n) is 17.4. The van der Waals surface area contributed by atoms with Gasteiger partial charge in [0.1, 0.15) is 0 Å². The molecule has 0 amide bonds. The van der Waals surface area contributed by atoms with E-state index in [-0.39, 0.29) is 5.11 Å². The number of thiocarbonyl (C=S) groups is 1. The van der Waals surface area contributed by atoms with Crippen molar-refractivity contribution in [3.63, 3.8) is 0 Å². The lowest BCUT2D eigenvalue weighted by atomic mass is 10.2. The summed E-state index contributed by atoms with van der Waals surface area (Å²) in [5.41, 5.74) is 3.97. The Morgan fingerprint density at radius 2 is 1.62 bits per heavy atom. The number of anilines is 3. The predicted octanol–water partition coefficient (Wildman–Crippen LogP) is 5.57. The standard InChI is InChI=1S/C23H20ClN7S/c1-14-11-15(2)27-21(26-14)30-22(31-23(32)29-20-10-6-4-8-18(20)24)28-17-12-16-7-3-5-9-19(16)25-13-17/h3-13H,1-2H3,(H3,26,27,28,29,30,31,32). The van der Waals surface area contributed by atoms with Gasteiger partial charge in [-0.3, -0.25) is 10.3 Å². The van der Waals surface area contributed by atoms with Gasteiger partial charge in [-0.15, -0.1) is 0 Å². The second-order valence-electron chi connectivity index (χ2n) is 7.01. The van der Waals surface area contributed by atoms with Crippen molar-refractivity contribution in [2.45, 2.75) is 13.8 Å². The van der Waals surface area contributed by atoms with Crippen LogP contribution < -0.4 is 16.0 Å². The van der Waals surface area contributed by atoms with Gasteiger partial charge in [-0.25, -0.2) is 9.97 Å². The van der Waals surface area contributed by atoms with E-state index in [1.807, 2.05) is 68.4 Å². The normalized spacial score (nSPS) is 11.3. The van der Waals surface area contributed by atoms with Crippen LogP contribution in [0.2, 0.25) is 5.02 Å². The van der Waals surface area contributed by atoms with Crippen LogP contribution >= 0.6 is 23.8 Å². The second-order valence-corrected chi connectivity index (χ2v) is 7.81. The number of fused-ring (bicyclic) bond motifs is 1. The Hall–Kier alpha value is -3.62. The molecule has 0 spiro atoms. The van der Waals surface area contributed by atoms with Crippen molar-refractivity contribution in [3.8, 4) is 0 Å². The summed E-state index contributed by atoms with van der Waals surface area (Å²) in [7, 11) is 0. The molecule has 160 valence electrons. The number of pyridine rings is 1. The molecule has 3 N–H and O–H groups in total. The molecule has 0 fully saturated rings. The molecule has 4 aromatic rings. The summed E-state index contributed by atoms with van der Waals surface area (Å²) in [5.74, 6) is 0.750. The number of hydrogen-bond donors (Lipinski definition) is 3. The molecule has 9 heteroatoms. The average molecular weight is 462 g/mol. The molecule has 0 unspecified atom stereocenters. The minimum Gasteiger partial charge on any atom is -0.330 e. The third kappa shape index (κ3) is 5.54. The number of hydrogen-bond acceptors (Lipinski definition) is 4. The monoisotopic (exact) mass is 461 g/mol. The van der Waals surface area contributed by atoms with E-state index < -0.39 is 0 Å². The zero-order valence-corrected chi connectivity index (χ0v) is 19.0. The van der Waals surface area contributed by atoms with Crippen molar-refractivity contribution in [2.75, 3.05) is 16.0 Å². The van der Waals surface area contributed by atoms with Gasteiger partial charge in [-0.1, -0.05) is 41.9 Å². The minimum atomic E-state index is 0.214. The van der Waals surface area contributed by atoms with Gasteiger partial charge in [0.05, 0.1) is 28.1 Å². The Labute approximate surface area is 196 Å². The summed E-state index contributed by atoms with van der Waals surface area (Å²) in [4.78, 5) is 17.8. The van der Waals surface area contributed by atoms with Gasteiger partial charge in [0.15, 0.2) is 0 Å². The fraction of sp³-hybridized carbons (Fsp3) is 0.0870. The molecule has 0 aliphatic heterocycles. The first-order valence-corrected chi connectivity index (χ1v) is 10.6. The third-order valence-corrected chi connectivity index (χ3v) is 4.92. The Kier molecular flexibility index (Phi) is 6.53. The van der Waals surface area contributed by atoms with Gasteiger partial charge in [-0.05, 0) is 56.4 Å². The minimum absolute atomic E-state index is 0.214. The van der Waals surface area contributed by atoms with Crippen molar-refractivity contribution in [2.24, 2.45) is 4.99 Å². The van der Waals surface area contributed by atoms with Crippen molar-refractivity contribution < 1.29 is 0 Å². The van der Waals surface area contributed by atoms with Crippen LogP contribution in [-0.2, 0) is 0 Å². The number of aromatic nitrogens is 3. The number of para-hydroxylation sites is 2. The molecule has 4 rings (SSSR count). The van der Waals surface area contributed by atoms with Gasteiger partial charge in [0, 0.05) is 16.8 Å². The van der Waals surface area contributed by atoms with Gasteiger partial charge < -0.3 is 10.6 Å². The van der Waals surface area contributed by atoms with Crippen molar-refractivity contribution in [1.29, 1.82) is 0 Å². The Balaban J connectivity index is 1.63. The summed E-state index contributed by atoms with van der Waals surface area (Å²) in [6.45, 7) is 3.81. The fourth-order valence-electron chi connectivity index (χ4n) is 3.06. The number of guanidine groups is 1. The van der Waals surface area contributed by atoms with E-state index in [9.17, 15) is 0 Å². The molecule has 0 atom stereocenters. The average Bonchev–Trinajstić information content (AvgIpc) is 2.74. The van der Waals surface area contributed by atoms with Crippen LogP contribution in [0, 0.1) is 13.8 Å². The molecule has 0 saturated heterocycles. The van der Waals surface area contributed by atoms with Crippen LogP contribution in [0.25, 0.3) is 10.9 Å². The van der Waals surface area contributed by atoms with Crippen LogP contribution in [0.4, 0.5) is 17.3 Å². The van der Waals surface area contributed by atoms with Gasteiger partial charge in [0.2, 0.25) is 17.0 Å². The van der Waals surface area contributed by atoms with E-state index in [1.165, 1.54) is 0 Å². The molecule has 7 nitrogen and oxygen atoms in total. The smallest absolute Gasteiger partial charge is 0.229 e. The highest BCUT2D eigenvalue weighted by Crippen LogP contribution is 2.21. The maximum absolute atomic E-state index is 6.22. The highest BCUT2D eigenvalue weighted by Gasteiger charge is 2.09. The summed E-state index contributed by atoms with van der Waals surface area (Å²) >= 11 is 11.7. The van der Waals surface area contributed by atoms with E-state index >= 15 is 0 Å². The van der Waals surface area contributed by atoms with E-state index in [4.69, 9.17) is 23.8 Å². The van der Waals surface area contributed by atoms with Crippen molar-refractivity contribution in [3.05, 3.63) is 83.3 Å². The maximum Gasteiger partial charge on any atom is 0.229 e. The number of halogens is 1. The maximum atomic E-state index is 6.22. The van der Waals surface area contributed by atoms with Crippen molar-refractivity contribution >= 4 is 63.1 Å². The van der Waals surface area contributed by atoms with Crippen LogP contribution in [0.3, 0.4) is 0 Å². The first-order valence-electron chi connectivity index (χ1n) is 9.81. The molecule has 2 heterocycles. The summed E-state index contributed by atoms with van der Waals surface area (Å²) in [6, 6.07) is 19.1. The number of nitrogens with zero attached hydrogens (tertiary/aromatic N) is 4. The lowest BCUT2D eigenvalue weighted by Gasteiger charge is -2.13. The highest BCUT2D eigenvalue weighted by atomic mass is 35.5. The predicted molar refractivity (Wildman–Crippen MR) is 136 cm³/mol. The molecule has 0 aliphatic carbocycles. The number of aryl methyl sites for hydroxylation is 2. The molecule has 2 aromatic carbocycles.